The second-order valence-electron chi connectivity index (χ2n) is 7.09. The first-order valence-electron chi connectivity index (χ1n) is 8.38. The number of guanidine groups is 1. The molecule has 0 bridgehead atoms. The molecule has 132 valence electrons. The molecule has 1 aliphatic carbocycles. The van der Waals surface area contributed by atoms with E-state index in [9.17, 15) is 0 Å². The van der Waals surface area contributed by atoms with Crippen molar-refractivity contribution in [3.8, 4) is 11.5 Å². The molecule has 1 aromatic carbocycles. The number of nitrogens with one attached hydrogen (secondary N) is 2. The van der Waals surface area contributed by atoms with Gasteiger partial charge in [-0.3, -0.25) is 4.99 Å². The lowest BCUT2D eigenvalue weighted by atomic mass is 9.95. The molecule has 1 heterocycles. The van der Waals surface area contributed by atoms with Crippen LogP contribution in [0.4, 0.5) is 0 Å². The van der Waals surface area contributed by atoms with E-state index in [0.29, 0.717) is 6.79 Å². The van der Waals surface area contributed by atoms with Gasteiger partial charge in [0.2, 0.25) is 6.79 Å². The van der Waals surface area contributed by atoms with Crippen molar-refractivity contribution in [2.45, 2.75) is 36.9 Å². The maximum atomic E-state index is 5.52. The molecule has 0 aromatic heterocycles. The van der Waals surface area contributed by atoms with Crippen molar-refractivity contribution in [3.63, 3.8) is 0 Å². The van der Waals surface area contributed by atoms with Crippen LogP contribution in [0.2, 0.25) is 0 Å². The van der Waals surface area contributed by atoms with Gasteiger partial charge in [0.1, 0.15) is 0 Å². The molecular formula is C18H27N3O2S. The normalized spacial score (nSPS) is 18.4. The Balaban J connectivity index is 1.59. The molecule has 0 amide bonds. The van der Waals surface area contributed by atoms with E-state index in [1.165, 1.54) is 18.4 Å². The Hall–Kier alpha value is -1.56. The van der Waals surface area contributed by atoms with Gasteiger partial charge in [0.25, 0.3) is 0 Å². The predicted molar refractivity (Wildman–Crippen MR) is 100 cm³/mol. The molecule has 0 radical (unpaired) electrons. The number of benzene rings is 1. The fourth-order valence-corrected chi connectivity index (χ4v) is 3.00. The van der Waals surface area contributed by atoms with Gasteiger partial charge in [-0.05, 0) is 50.6 Å². The number of thioether (sulfide) groups is 1. The zero-order chi connectivity index (χ0) is 17.2. The molecule has 3 rings (SSSR count). The summed E-state index contributed by atoms with van der Waals surface area (Å²) in [6.07, 6.45) is 4.51. The number of nitrogens with zero attached hydrogens (tertiary/aromatic N) is 1. The van der Waals surface area contributed by atoms with E-state index in [-0.39, 0.29) is 10.2 Å². The van der Waals surface area contributed by atoms with Gasteiger partial charge in [-0.25, -0.2) is 0 Å². The Labute approximate surface area is 148 Å². The van der Waals surface area contributed by atoms with Gasteiger partial charge in [-0.2, -0.15) is 11.8 Å². The maximum absolute atomic E-state index is 5.52. The van der Waals surface area contributed by atoms with E-state index in [0.717, 1.165) is 30.5 Å². The molecule has 1 aliphatic heterocycles. The number of ether oxygens (including phenoxy) is 2. The maximum Gasteiger partial charge on any atom is 0.231 e. The average Bonchev–Trinajstić information content (AvgIpc) is 3.23. The quantitative estimate of drug-likeness (QED) is 0.611. The van der Waals surface area contributed by atoms with Gasteiger partial charge < -0.3 is 20.1 Å². The first-order valence-corrected chi connectivity index (χ1v) is 9.60. The van der Waals surface area contributed by atoms with Crippen LogP contribution in [-0.4, -0.2) is 43.9 Å². The number of fused-ring (bicyclic) bond motifs is 1. The lowest BCUT2D eigenvalue weighted by Gasteiger charge is -2.25. The molecule has 5 nitrogen and oxygen atoms in total. The molecule has 2 N–H and O–H groups in total. The van der Waals surface area contributed by atoms with Crippen LogP contribution in [0.1, 0.15) is 32.3 Å². The molecule has 0 spiro atoms. The lowest BCUT2D eigenvalue weighted by molar-refractivity contribution is 0.174. The topological polar surface area (TPSA) is 54.9 Å². The Morgan fingerprint density at radius 3 is 2.67 bits per heavy atom. The minimum atomic E-state index is 0.187. The third kappa shape index (κ3) is 3.74. The molecule has 1 aromatic rings. The highest BCUT2D eigenvalue weighted by molar-refractivity contribution is 7.99. The van der Waals surface area contributed by atoms with Crippen molar-refractivity contribution in [1.82, 2.24) is 10.6 Å². The minimum absolute atomic E-state index is 0.187. The standard InChI is InChI=1S/C18H27N3O2S/c1-17(2,24-4)10-20-16(19-3)21-11-18(7-8-18)13-5-6-14-15(9-13)23-12-22-14/h5-6,9H,7-8,10-12H2,1-4H3,(H2,19,20,21). The van der Waals surface area contributed by atoms with Gasteiger partial charge in [-0.15, -0.1) is 0 Å². The molecule has 0 saturated heterocycles. The van der Waals surface area contributed by atoms with Crippen LogP contribution in [0.5, 0.6) is 11.5 Å². The van der Waals surface area contributed by atoms with Crippen molar-refractivity contribution >= 4 is 17.7 Å². The third-order valence-electron chi connectivity index (χ3n) is 4.89. The van der Waals surface area contributed by atoms with Crippen molar-refractivity contribution < 1.29 is 9.47 Å². The van der Waals surface area contributed by atoms with Gasteiger partial charge in [0.15, 0.2) is 17.5 Å². The molecular weight excluding hydrogens is 322 g/mol. The number of hydrogen-bond acceptors (Lipinski definition) is 4. The lowest BCUT2D eigenvalue weighted by Crippen LogP contribution is -2.45. The van der Waals surface area contributed by atoms with Crippen LogP contribution in [0.15, 0.2) is 23.2 Å². The Morgan fingerprint density at radius 1 is 1.25 bits per heavy atom. The van der Waals surface area contributed by atoms with Crippen LogP contribution < -0.4 is 20.1 Å². The SMILES string of the molecule is CN=C(NCC(C)(C)SC)NCC1(c2ccc3c(c2)OCO3)CC1. The summed E-state index contributed by atoms with van der Waals surface area (Å²) in [5.74, 6) is 2.58. The van der Waals surface area contributed by atoms with Crippen molar-refractivity contribution in [3.05, 3.63) is 23.8 Å². The number of hydrogen-bond donors (Lipinski definition) is 2. The molecule has 0 atom stereocenters. The van der Waals surface area contributed by atoms with Crippen LogP contribution in [-0.2, 0) is 5.41 Å². The second-order valence-corrected chi connectivity index (χ2v) is 8.60. The fourth-order valence-electron chi connectivity index (χ4n) is 2.79. The highest BCUT2D eigenvalue weighted by atomic mass is 32.2. The number of rotatable bonds is 6. The summed E-state index contributed by atoms with van der Waals surface area (Å²) in [6.45, 7) is 6.54. The van der Waals surface area contributed by atoms with Crippen LogP contribution in [0, 0.1) is 0 Å². The summed E-state index contributed by atoms with van der Waals surface area (Å²) in [5, 5.41) is 6.92. The molecule has 0 unspecified atom stereocenters. The summed E-state index contributed by atoms with van der Waals surface area (Å²) in [7, 11) is 1.82. The molecule has 1 saturated carbocycles. The monoisotopic (exact) mass is 349 g/mol. The van der Waals surface area contributed by atoms with E-state index in [1.54, 1.807) is 0 Å². The van der Waals surface area contributed by atoms with E-state index in [2.05, 4.69) is 47.9 Å². The third-order valence-corrected chi connectivity index (χ3v) is 6.14. The van der Waals surface area contributed by atoms with Gasteiger partial charge in [-0.1, -0.05) is 6.07 Å². The summed E-state index contributed by atoms with van der Waals surface area (Å²) >= 11 is 1.85. The van der Waals surface area contributed by atoms with Crippen molar-refractivity contribution in [1.29, 1.82) is 0 Å². The predicted octanol–water partition coefficient (Wildman–Crippen LogP) is 2.75. The molecule has 1 fully saturated rings. The number of aliphatic imine (C=N–C) groups is 1. The van der Waals surface area contributed by atoms with E-state index >= 15 is 0 Å². The van der Waals surface area contributed by atoms with E-state index in [4.69, 9.17) is 9.47 Å². The molecule has 6 heteroatoms. The summed E-state index contributed by atoms with van der Waals surface area (Å²) in [6, 6.07) is 6.31. The second kappa shape index (κ2) is 6.75. The van der Waals surface area contributed by atoms with Crippen LogP contribution in [0.25, 0.3) is 0 Å². The van der Waals surface area contributed by atoms with Crippen molar-refractivity contribution in [2.24, 2.45) is 4.99 Å². The minimum Gasteiger partial charge on any atom is -0.454 e. The van der Waals surface area contributed by atoms with E-state index in [1.807, 2.05) is 24.9 Å². The largest absolute Gasteiger partial charge is 0.454 e. The van der Waals surface area contributed by atoms with Gasteiger partial charge in [0.05, 0.1) is 0 Å². The Kier molecular flexibility index (Phi) is 4.85. The van der Waals surface area contributed by atoms with Crippen LogP contribution >= 0.6 is 11.8 Å². The van der Waals surface area contributed by atoms with Gasteiger partial charge >= 0.3 is 0 Å². The van der Waals surface area contributed by atoms with Gasteiger partial charge in [0, 0.05) is 30.3 Å². The fraction of sp³-hybridized carbons (Fsp3) is 0.611. The zero-order valence-electron chi connectivity index (χ0n) is 14.9. The first kappa shape index (κ1) is 17.3. The average molecular weight is 350 g/mol. The molecule has 24 heavy (non-hydrogen) atoms. The highest BCUT2D eigenvalue weighted by Crippen LogP contribution is 2.49. The van der Waals surface area contributed by atoms with Crippen LogP contribution in [0.3, 0.4) is 0 Å². The Morgan fingerprint density at radius 2 is 2.00 bits per heavy atom. The van der Waals surface area contributed by atoms with E-state index < -0.39 is 0 Å². The highest BCUT2D eigenvalue weighted by Gasteiger charge is 2.44. The molecule has 2 aliphatic rings. The smallest absolute Gasteiger partial charge is 0.231 e. The first-order chi connectivity index (χ1) is 11.5. The summed E-state index contributed by atoms with van der Waals surface area (Å²) < 4.78 is 11.1. The zero-order valence-corrected chi connectivity index (χ0v) is 15.8. The Bertz CT molecular complexity index is 627. The summed E-state index contributed by atoms with van der Waals surface area (Å²) in [4.78, 5) is 4.35. The van der Waals surface area contributed by atoms with Crippen molar-refractivity contribution in [2.75, 3.05) is 33.2 Å². The summed E-state index contributed by atoms with van der Waals surface area (Å²) in [5.41, 5.74) is 1.51.